The number of hydrogen-bond donors (Lipinski definition) is 1. The molecule has 29 heavy (non-hydrogen) atoms. The fourth-order valence-corrected chi connectivity index (χ4v) is 4.36. The number of aromatic carboxylic acids is 1. The number of fused-ring (bicyclic) bond motifs is 2. The number of methoxy groups -OCH3 is 1. The smallest absolute Gasteiger partial charge is 0.335 e. The predicted octanol–water partition coefficient (Wildman–Crippen LogP) is 5.96. The predicted molar refractivity (Wildman–Crippen MR) is 116 cm³/mol. The first-order chi connectivity index (χ1) is 13.6. The molecule has 0 fully saturated rings. The third-order valence-electron chi connectivity index (χ3n) is 6.39. The summed E-state index contributed by atoms with van der Waals surface area (Å²) in [6.45, 7) is 9.23. The molecule has 0 aliphatic heterocycles. The summed E-state index contributed by atoms with van der Waals surface area (Å²) in [5.41, 5.74) is 5.77. The Morgan fingerprint density at radius 1 is 0.966 bits per heavy atom. The van der Waals surface area contributed by atoms with Gasteiger partial charge in [-0.25, -0.2) is 9.78 Å². The van der Waals surface area contributed by atoms with E-state index in [2.05, 4.69) is 39.8 Å². The minimum atomic E-state index is -0.933. The van der Waals surface area contributed by atoms with E-state index in [4.69, 9.17) is 14.8 Å². The molecule has 1 heterocycles. The van der Waals surface area contributed by atoms with Gasteiger partial charge >= 0.3 is 5.97 Å². The first-order valence-electron chi connectivity index (χ1n) is 10.00. The van der Waals surface area contributed by atoms with E-state index in [1.165, 1.54) is 11.1 Å². The van der Waals surface area contributed by atoms with Crippen LogP contribution in [0.5, 0.6) is 5.75 Å². The molecule has 4 heteroatoms. The van der Waals surface area contributed by atoms with E-state index in [1.807, 2.05) is 6.07 Å². The lowest BCUT2D eigenvalue weighted by atomic mass is 9.63. The molecule has 4 nitrogen and oxygen atoms in total. The second-order valence-corrected chi connectivity index (χ2v) is 9.27. The van der Waals surface area contributed by atoms with Gasteiger partial charge in [0.15, 0.2) is 0 Å². The molecule has 0 atom stereocenters. The second-order valence-electron chi connectivity index (χ2n) is 9.27. The van der Waals surface area contributed by atoms with Crippen LogP contribution in [0.15, 0.2) is 42.5 Å². The lowest BCUT2D eigenvalue weighted by Crippen LogP contribution is -2.33. The quantitative estimate of drug-likeness (QED) is 0.601. The number of benzene rings is 2. The zero-order chi connectivity index (χ0) is 21.0. The lowest BCUT2D eigenvalue weighted by Gasteiger charge is -2.42. The molecule has 1 aromatic heterocycles. The minimum Gasteiger partial charge on any atom is -0.496 e. The Kier molecular flexibility index (Phi) is 4.41. The largest absolute Gasteiger partial charge is 0.496 e. The summed E-state index contributed by atoms with van der Waals surface area (Å²) in [5, 5.41) is 10.2. The number of carbonyl (C=O) groups is 1. The van der Waals surface area contributed by atoms with E-state index in [0.29, 0.717) is 0 Å². The Balaban J connectivity index is 1.93. The lowest BCUT2D eigenvalue weighted by molar-refractivity contribution is 0.0697. The molecule has 3 aromatic rings. The van der Waals surface area contributed by atoms with E-state index in [0.717, 1.165) is 40.8 Å². The SMILES string of the molecule is COc1cc(-c2ccc(C(=O)O)cc2)nc2cc3c(cc12)C(C)(C)CCC3(C)C. The van der Waals surface area contributed by atoms with Crippen LogP contribution in [0.3, 0.4) is 0 Å². The highest BCUT2D eigenvalue weighted by atomic mass is 16.5. The van der Waals surface area contributed by atoms with E-state index < -0.39 is 5.97 Å². The summed E-state index contributed by atoms with van der Waals surface area (Å²) in [6.07, 6.45) is 2.30. The molecular formula is C25H27NO3. The van der Waals surface area contributed by atoms with Crippen molar-refractivity contribution in [1.82, 2.24) is 4.98 Å². The number of rotatable bonds is 3. The topological polar surface area (TPSA) is 59.4 Å². The highest BCUT2D eigenvalue weighted by Crippen LogP contribution is 2.47. The Hall–Kier alpha value is -2.88. The number of ether oxygens (including phenoxy) is 1. The summed E-state index contributed by atoms with van der Waals surface area (Å²) in [4.78, 5) is 16.1. The van der Waals surface area contributed by atoms with Crippen molar-refractivity contribution in [1.29, 1.82) is 0 Å². The molecule has 150 valence electrons. The van der Waals surface area contributed by atoms with Gasteiger partial charge in [0.05, 0.1) is 23.9 Å². The molecular weight excluding hydrogens is 362 g/mol. The van der Waals surface area contributed by atoms with E-state index in [-0.39, 0.29) is 16.4 Å². The molecule has 1 N–H and O–H groups in total. The number of hydrogen-bond acceptors (Lipinski definition) is 3. The van der Waals surface area contributed by atoms with Gasteiger partial charge in [-0.1, -0.05) is 39.8 Å². The molecule has 1 aliphatic carbocycles. The zero-order valence-corrected chi connectivity index (χ0v) is 17.7. The van der Waals surface area contributed by atoms with Crippen molar-refractivity contribution in [2.75, 3.05) is 7.11 Å². The molecule has 2 aromatic carbocycles. The molecule has 1 aliphatic rings. The number of nitrogens with zero attached hydrogens (tertiary/aromatic N) is 1. The summed E-state index contributed by atoms with van der Waals surface area (Å²) in [5.74, 6) is -0.147. The fraction of sp³-hybridized carbons (Fsp3) is 0.360. The van der Waals surface area contributed by atoms with Gasteiger partial charge in [-0.05, 0) is 59.1 Å². The first kappa shape index (κ1) is 19.4. The van der Waals surface area contributed by atoms with Crippen LogP contribution in [0.2, 0.25) is 0 Å². The Morgan fingerprint density at radius 3 is 2.10 bits per heavy atom. The van der Waals surface area contributed by atoms with Crippen molar-refractivity contribution in [3.05, 3.63) is 59.2 Å². The van der Waals surface area contributed by atoms with Crippen molar-refractivity contribution in [3.63, 3.8) is 0 Å². The molecule has 0 bridgehead atoms. The first-order valence-corrected chi connectivity index (χ1v) is 10.00. The van der Waals surface area contributed by atoms with Gasteiger partial charge in [0, 0.05) is 17.0 Å². The molecule has 4 rings (SSSR count). The number of carboxylic acids is 1. The number of aromatic nitrogens is 1. The fourth-order valence-electron chi connectivity index (χ4n) is 4.36. The van der Waals surface area contributed by atoms with Crippen molar-refractivity contribution in [3.8, 4) is 17.0 Å². The number of pyridine rings is 1. The van der Waals surface area contributed by atoms with Crippen molar-refractivity contribution in [2.45, 2.75) is 51.4 Å². The average Bonchev–Trinajstić information content (AvgIpc) is 2.69. The van der Waals surface area contributed by atoms with Crippen molar-refractivity contribution >= 4 is 16.9 Å². The monoisotopic (exact) mass is 389 g/mol. The van der Waals surface area contributed by atoms with Crippen LogP contribution < -0.4 is 4.74 Å². The van der Waals surface area contributed by atoms with Crippen LogP contribution >= 0.6 is 0 Å². The third kappa shape index (κ3) is 3.27. The van der Waals surface area contributed by atoms with Gasteiger partial charge in [0.2, 0.25) is 0 Å². The standard InChI is InChI=1S/C25H27NO3/c1-24(2)10-11-25(3,4)19-13-21-17(12-18(19)24)22(29-5)14-20(26-21)15-6-8-16(9-7-15)23(27)28/h6-9,12-14H,10-11H2,1-5H3,(H,27,28). The summed E-state index contributed by atoms with van der Waals surface area (Å²) in [7, 11) is 1.68. The van der Waals surface area contributed by atoms with Gasteiger partial charge < -0.3 is 9.84 Å². The van der Waals surface area contributed by atoms with Crippen LogP contribution in [-0.2, 0) is 10.8 Å². The van der Waals surface area contributed by atoms with Gasteiger partial charge in [-0.3, -0.25) is 0 Å². The molecule has 0 saturated carbocycles. The van der Waals surface area contributed by atoms with Crippen LogP contribution in [0, 0.1) is 0 Å². The van der Waals surface area contributed by atoms with Crippen LogP contribution in [0.25, 0.3) is 22.2 Å². The van der Waals surface area contributed by atoms with Crippen LogP contribution in [0.1, 0.15) is 62.0 Å². The normalized spacial score (nSPS) is 17.0. The Labute approximate surface area is 171 Å². The van der Waals surface area contributed by atoms with Gasteiger partial charge in [-0.2, -0.15) is 0 Å². The Bertz CT molecular complexity index is 1110. The van der Waals surface area contributed by atoms with Gasteiger partial charge in [-0.15, -0.1) is 0 Å². The molecule has 0 radical (unpaired) electrons. The maximum Gasteiger partial charge on any atom is 0.335 e. The second kappa shape index (κ2) is 6.58. The minimum absolute atomic E-state index is 0.104. The molecule has 0 amide bonds. The van der Waals surface area contributed by atoms with E-state index in [9.17, 15) is 4.79 Å². The molecule has 0 spiro atoms. The van der Waals surface area contributed by atoms with Gasteiger partial charge in [0.25, 0.3) is 0 Å². The third-order valence-corrected chi connectivity index (χ3v) is 6.39. The maximum atomic E-state index is 11.1. The van der Waals surface area contributed by atoms with Crippen molar-refractivity contribution in [2.24, 2.45) is 0 Å². The van der Waals surface area contributed by atoms with Gasteiger partial charge in [0.1, 0.15) is 5.75 Å². The average molecular weight is 389 g/mol. The highest BCUT2D eigenvalue weighted by Gasteiger charge is 2.37. The highest BCUT2D eigenvalue weighted by molar-refractivity contribution is 5.91. The van der Waals surface area contributed by atoms with Crippen LogP contribution in [-0.4, -0.2) is 23.2 Å². The van der Waals surface area contributed by atoms with Crippen molar-refractivity contribution < 1.29 is 14.6 Å². The molecule has 0 unspecified atom stereocenters. The van der Waals surface area contributed by atoms with E-state index in [1.54, 1.807) is 31.4 Å². The zero-order valence-electron chi connectivity index (χ0n) is 17.7. The summed E-state index contributed by atoms with van der Waals surface area (Å²) in [6, 6.07) is 13.2. The Morgan fingerprint density at radius 2 is 1.55 bits per heavy atom. The van der Waals surface area contributed by atoms with E-state index >= 15 is 0 Å². The van der Waals surface area contributed by atoms with Crippen LogP contribution in [0.4, 0.5) is 0 Å². The summed E-state index contributed by atoms with van der Waals surface area (Å²) < 4.78 is 5.73. The summed E-state index contributed by atoms with van der Waals surface area (Å²) >= 11 is 0. The number of carboxylic acid groups (broad SMARTS) is 1. The molecule has 0 saturated heterocycles. The maximum absolute atomic E-state index is 11.1.